The molecule has 4 heteroatoms. The molecule has 0 radical (unpaired) electrons. The molecule has 23 heavy (non-hydrogen) atoms. The van der Waals surface area contributed by atoms with Crippen LogP contribution in [0.15, 0.2) is 24.3 Å². The average Bonchev–Trinajstić information content (AvgIpc) is 2.53. The number of carbonyl (C=O) groups excluding carboxylic acids is 1. The molecule has 0 aliphatic carbocycles. The minimum Gasteiger partial charge on any atom is -0.497 e. The van der Waals surface area contributed by atoms with Crippen LogP contribution in [0.2, 0.25) is 0 Å². The van der Waals surface area contributed by atoms with Crippen LogP contribution >= 0.6 is 0 Å². The van der Waals surface area contributed by atoms with E-state index < -0.39 is 0 Å². The molecule has 130 valence electrons. The Morgan fingerprint density at radius 1 is 1.13 bits per heavy atom. The van der Waals surface area contributed by atoms with E-state index in [0.717, 1.165) is 30.6 Å². The maximum atomic E-state index is 11.4. The van der Waals surface area contributed by atoms with Gasteiger partial charge in [0, 0.05) is 13.5 Å². The number of methoxy groups -OCH3 is 2. The Morgan fingerprint density at radius 3 is 2.30 bits per heavy atom. The minimum absolute atomic E-state index is 0.0102. The van der Waals surface area contributed by atoms with Crippen molar-refractivity contribution < 1.29 is 19.0 Å². The van der Waals surface area contributed by atoms with Crippen LogP contribution in [-0.4, -0.2) is 26.8 Å². The predicted molar refractivity (Wildman–Crippen MR) is 91.6 cm³/mol. The summed E-state index contributed by atoms with van der Waals surface area (Å²) in [5.74, 6) is 0.736. The molecular weight excluding hydrogens is 292 g/mol. The van der Waals surface area contributed by atoms with E-state index in [4.69, 9.17) is 14.2 Å². The molecule has 0 aromatic heterocycles. The second kappa shape index (κ2) is 9.56. The van der Waals surface area contributed by atoms with Gasteiger partial charge in [0.05, 0.1) is 19.8 Å². The number of rotatable bonds is 10. The highest BCUT2D eigenvalue weighted by molar-refractivity contribution is 5.69. The second-order valence-electron chi connectivity index (χ2n) is 6.39. The Labute approximate surface area is 140 Å². The Kier molecular flexibility index (Phi) is 8.10. The summed E-state index contributed by atoms with van der Waals surface area (Å²) in [6.07, 6.45) is 3.31. The van der Waals surface area contributed by atoms with Crippen molar-refractivity contribution in [1.82, 2.24) is 0 Å². The topological polar surface area (TPSA) is 44.8 Å². The van der Waals surface area contributed by atoms with Crippen LogP contribution in [0.4, 0.5) is 0 Å². The molecule has 0 N–H and O–H groups in total. The van der Waals surface area contributed by atoms with E-state index in [2.05, 4.69) is 13.8 Å². The molecule has 1 unspecified atom stereocenters. The number of hydrogen-bond donors (Lipinski definition) is 0. The van der Waals surface area contributed by atoms with Crippen molar-refractivity contribution in [2.75, 3.05) is 20.8 Å². The Balaban J connectivity index is 2.58. The van der Waals surface area contributed by atoms with Gasteiger partial charge in [0.2, 0.25) is 0 Å². The highest BCUT2D eigenvalue weighted by Crippen LogP contribution is 2.40. The van der Waals surface area contributed by atoms with E-state index in [1.807, 2.05) is 31.2 Å². The van der Waals surface area contributed by atoms with Crippen molar-refractivity contribution in [3.05, 3.63) is 29.8 Å². The Hall–Kier alpha value is -1.55. The van der Waals surface area contributed by atoms with Crippen molar-refractivity contribution >= 4 is 5.97 Å². The fraction of sp³-hybridized carbons (Fsp3) is 0.632. The molecule has 0 saturated carbocycles. The number of benzene rings is 1. The van der Waals surface area contributed by atoms with E-state index in [1.54, 1.807) is 14.2 Å². The molecule has 0 heterocycles. The summed E-state index contributed by atoms with van der Waals surface area (Å²) in [5, 5.41) is 0. The average molecular weight is 322 g/mol. The normalized spacial score (nSPS) is 12.7. The van der Waals surface area contributed by atoms with Crippen molar-refractivity contribution in [1.29, 1.82) is 0 Å². The van der Waals surface area contributed by atoms with Gasteiger partial charge in [0.1, 0.15) is 5.75 Å². The fourth-order valence-electron chi connectivity index (χ4n) is 2.90. The molecule has 0 saturated heterocycles. The van der Waals surface area contributed by atoms with Gasteiger partial charge < -0.3 is 14.2 Å². The lowest BCUT2D eigenvalue weighted by atomic mass is 9.78. The third-order valence-electron chi connectivity index (χ3n) is 4.12. The summed E-state index contributed by atoms with van der Waals surface area (Å²) in [6, 6.07) is 8.01. The largest absolute Gasteiger partial charge is 0.497 e. The minimum atomic E-state index is -0.108. The number of hydrogen-bond acceptors (Lipinski definition) is 4. The van der Waals surface area contributed by atoms with Crippen molar-refractivity contribution in [2.45, 2.75) is 52.6 Å². The number of esters is 1. The van der Waals surface area contributed by atoms with Crippen LogP contribution < -0.4 is 4.74 Å². The van der Waals surface area contributed by atoms with Gasteiger partial charge >= 0.3 is 5.97 Å². The third kappa shape index (κ3) is 6.22. The van der Waals surface area contributed by atoms with Gasteiger partial charge in [0.25, 0.3) is 0 Å². The third-order valence-corrected chi connectivity index (χ3v) is 4.12. The van der Waals surface area contributed by atoms with E-state index in [-0.39, 0.29) is 17.5 Å². The molecule has 1 atom stereocenters. The van der Waals surface area contributed by atoms with Crippen LogP contribution in [-0.2, 0) is 14.3 Å². The first-order valence-corrected chi connectivity index (χ1v) is 8.27. The fourth-order valence-corrected chi connectivity index (χ4v) is 2.90. The lowest BCUT2D eigenvalue weighted by Crippen LogP contribution is -2.24. The quantitative estimate of drug-likeness (QED) is 0.469. The molecule has 0 aliphatic heterocycles. The lowest BCUT2D eigenvalue weighted by molar-refractivity contribution is -0.143. The molecule has 0 amide bonds. The van der Waals surface area contributed by atoms with Crippen molar-refractivity contribution in [3.8, 4) is 5.75 Å². The summed E-state index contributed by atoms with van der Waals surface area (Å²) in [4.78, 5) is 11.4. The maximum Gasteiger partial charge on any atom is 0.305 e. The van der Waals surface area contributed by atoms with Crippen molar-refractivity contribution in [3.63, 3.8) is 0 Å². The van der Waals surface area contributed by atoms with Crippen molar-refractivity contribution in [2.24, 2.45) is 5.41 Å². The van der Waals surface area contributed by atoms with Crippen LogP contribution in [0.3, 0.4) is 0 Å². The van der Waals surface area contributed by atoms with Gasteiger partial charge in [-0.25, -0.2) is 0 Å². The zero-order valence-corrected chi connectivity index (χ0v) is 15.1. The SMILES string of the molecule is CCOC(=O)CCCCC(C)(C)C(OC)c1ccc(OC)cc1. The van der Waals surface area contributed by atoms with E-state index in [9.17, 15) is 4.79 Å². The van der Waals surface area contributed by atoms with Gasteiger partial charge in [-0.3, -0.25) is 4.79 Å². The maximum absolute atomic E-state index is 11.4. The molecule has 0 fully saturated rings. The van der Waals surface area contributed by atoms with E-state index >= 15 is 0 Å². The molecule has 0 spiro atoms. The van der Waals surface area contributed by atoms with E-state index in [1.165, 1.54) is 0 Å². The Morgan fingerprint density at radius 2 is 1.78 bits per heavy atom. The number of ether oxygens (including phenoxy) is 3. The summed E-state index contributed by atoms with van der Waals surface area (Å²) < 4.78 is 15.9. The predicted octanol–water partition coefficient (Wildman–Crippen LogP) is 4.53. The molecule has 1 aromatic rings. The molecule has 1 aromatic carbocycles. The number of unbranched alkanes of at least 4 members (excludes halogenated alkanes) is 1. The molecule has 0 aliphatic rings. The van der Waals surface area contributed by atoms with Crippen LogP contribution in [0.1, 0.15) is 58.1 Å². The molecule has 1 rings (SSSR count). The summed E-state index contributed by atoms with van der Waals surface area (Å²) in [5.41, 5.74) is 1.13. The monoisotopic (exact) mass is 322 g/mol. The highest BCUT2D eigenvalue weighted by atomic mass is 16.5. The summed E-state index contributed by atoms with van der Waals surface area (Å²) in [7, 11) is 3.41. The van der Waals surface area contributed by atoms with Gasteiger partial charge in [-0.15, -0.1) is 0 Å². The second-order valence-corrected chi connectivity index (χ2v) is 6.39. The summed E-state index contributed by atoms with van der Waals surface area (Å²) >= 11 is 0. The smallest absolute Gasteiger partial charge is 0.305 e. The standard InChI is InChI=1S/C19H30O4/c1-6-23-17(20)9-7-8-14-19(2,3)18(22-5)15-10-12-16(21-4)13-11-15/h10-13,18H,6-9,14H2,1-5H3. The zero-order valence-electron chi connectivity index (χ0n) is 15.1. The molecular formula is C19H30O4. The zero-order chi connectivity index (χ0) is 17.3. The van der Waals surface area contributed by atoms with Gasteiger partial charge in [-0.2, -0.15) is 0 Å². The van der Waals surface area contributed by atoms with Crippen LogP contribution in [0, 0.1) is 5.41 Å². The van der Waals surface area contributed by atoms with Gasteiger partial charge in [0.15, 0.2) is 0 Å². The number of carbonyl (C=O) groups is 1. The van der Waals surface area contributed by atoms with E-state index in [0.29, 0.717) is 13.0 Å². The van der Waals surface area contributed by atoms with Crippen LogP contribution in [0.25, 0.3) is 0 Å². The Bertz CT molecular complexity index is 465. The summed E-state index contributed by atoms with van der Waals surface area (Å²) in [6.45, 7) is 6.69. The first kappa shape index (κ1) is 19.5. The first-order valence-electron chi connectivity index (χ1n) is 8.27. The first-order chi connectivity index (χ1) is 10.9. The lowest BCUT2D eigenvalue weighted by Gasteiger charge is -2.34. The molecule has 4 nitrogen and oxygen atoms in total. The van der Waals surface area contributed by atoms with Crippen LogP contribution in [0.5, 0.6) is 5.75 Å². The van der Waals surface area contributed by atoms with Gasteiger partial charge in [-0.1, -0.05) is 32.4 Å². The molecule has 0 bridgehead atoms. The highest BCUT2D eigenvalue weighted by Gasteiger charge is 2.30. The van der Waals surface area contributed by atoms with Gasteiger partial charge in [-0.05, 0) is 42.9 Å².